The Balaban J connectivity index is 1.34. The van der Waals surface area contributed by atoms with Gasteiger partial charge in [0, 0.05) is 44.0 Å². The van der Waals surface area contributed by atoms with Crippen LogP contribution in [0.25, 0.3) is 55.0 Å². The maximum Gasteiger partial charge on any atom is 0.246 e. The lowest BCUT2D eigenvalue weighted by atomic mass is 9.32. The van der Waals surface area contributed by atoms with Crippen LogP contribution in [0.5, 0.6) is 0 Å². The molecule has 0 N–H and O–H groups in total. The van der Waals surface area contributed by atoms with Crippen LogP contribution in [0.2, 0.25) is 0 Å². The molecule has 4 heterocycles. The minimum atomic E-state index is -0.0291. The van der Waals surface area contributed by atoms with Crippen molar-refractivity contribution >= 4 is 89.8 Å². The van der Waals surface area contributed by atoms with Crippen LogP contribution in [-0.4, -0.2) is 22.6 Å². The van der Waals surface area contributed by atoms with Crippen molar-refractivity contribution in [3.05, 3.63) is 156 Å². The molecule has 0 bridgehead atoms. The van der Waals surface area contributed by atoms with Gasteiger partial charge < -0.3 is 9.13 Å². The Morgan fingerprint density at radius 2 is 0.677 bits per heavy atom. The SMILES string of the molecule is CC(C)(C)c1ccc2c(c1)c1cc(C(C)(C)C)cc3c1n2-c1cc2c(cc1B3c1ccccc1)B(c1ccccc1)c1cc(C(C)(C)C)cc3c4cc(C(C)(C)C)ccc4n-2c13. The van der Waals surface area contributed by atoms with Gasteiger partial charge in [-0.2, -0.15) is 0 Å². The number of fused-ring (bicyclic) bond motifs is 10. The Kier molecular flexibility index (Phi) is 8.15. The number of hydrogen-bond donors (Lipinski definition) is 0. The summed E-state index contributed by atoms with van der Waals surface area (Å²) in [6, 6.07) is 52.6. The van der Waals surface area contributed by atoms with E-state index >= 15 is 0 Å². The van der Waals surface area contributed by atoms with Crippen LogP contribution >= 0.6 is 0 Å². The molecule has 2 nitrogen and oxygen atoms in total. The first-order chi connectivity index (χ1) is 29.3. The first-order valence-electron chi connectivity index (χ1n) is 22.8. The molecular weight excluding hydrogens is 746 g/mol. The van der Waals surface area contributed by atoms with Gasteiger partial charge in [-0.05, 0) is 108 Å². The molecule has 0 atom stereocenters. The molecule has 2 aliphatic rings. The normalized spacial score (nSPS) is 14.1. The molecule has 0 saturated heterocycles. The van der Waals surface area contributed by atoms with Gasteiger partial charge in [-0.3, -0.25) is 0 Å². The zero-order chi connectivity index (χ0) is 43.4. The van der Waals surface area contributed by atoms with Gasteiger partial charge in [0.1, 0.15) is 0 Å². The van der Waals surface area contributed by atoms with Gasteiger partial charge in [0.05, 0.1) is 11.0 Å². The van der Waals surface area contributed by atoms with Crippen LogP contribution in [0.4, 0.5) is 0 Å². The number of nitrogens with zero attached hydrogens (tertiary/aromatic N) is 2. The minimum absolute atomic E-state index is 0.0250. The van der Waals surface area contributed by atoms with Crippen molar-refractivity contribution in [2.75, 3.05) is 0 Å². The molecule has 0 amide bonds. The zero-order valence-electron chi connectivity index (χ0n) is 38.8. The molecule has 62 heavy (non-hydrogen) atoms. The fourth-order valence-corrected chi connectivity index (χ4v) is 10.9. The summed E-state index contributed by atoms with van der Waals surface area (Å²) in [5, 5.41) is 5.37. The molecule has 0 saturated carbocycles. The molecule has 9 aromatic rings. The van der Waals surface area contributed by atoms with Crippen LogP contribution < -0.4 is 32.8 Å². The van der Waals surface area contributed by atoms with Gasteiger partial charge in [0.15, 0.2) is 0 Å². The van der Waals surface area contributed by atoms with Crippen molar-refractivity contribution in [2.45, 2.75) is 105 Å². The fourth-order valence-electron chi connectivity index (χ4n) is 10.9. The summed E-state index contributed by atoms with van der Waals surface area (Å²) in [6.45, 7) is 28.3. The molecule has 0 unspecified atom stereocenters. The summed E-state index contributed by atoms with van der Waals surface area (Å²) in [4.78, 5) is 0. The van der Waals surface area contributed by atoms with Crippen molar-refractivity contribution in [1.82, 2.24) is 9.13 Å². The van der Waals surface area contributed by atoms with Crippen LogP contribution in [-0.2, 0) is 21.7 Å². The Hall–Kier alpha value is -5.73. The predicted octanol–water partition coefficient (Wildman–Crippen LogP) is 10.7. The highest BCUT2D eigenvalue weighted by atomic mass is 15.0. The largest absolute Gasteiger partial charge is 0.310 e. The number of benzene rings is 7. The number of hydrogen-bond acceptors (Lipinski definition) is 0. The highest BCUT2D eigenvalue weighted by Crippen LogP contribution is 2.42. The fraction of sp³-hybridized carbons (Fsp3) is 0.276. The second-order valence-electron chi connectivity index (χ2n) is 22.7. The van der Waals surface area contributed by atoms with Crippen molar-refractivity contribution in [1.29, 1.82) is 0 Å². The average molecular weight is 805 g/mol. The van der Waals surface area contributed by atoms with Gasteiger partial charge in [-0.25, -0.2) is 0 Å². The van der Waals surface area contributed by atoms with E-state index in [1.54, 1.807) is 0 Å². The van der Waals surface area contributed by atoms with E-state index in [0.29, 0.717) is 0 Å². The molecule has 2 aromatic heterocycles. The monoisotopic (exact) mass is 804 g/mol. The summed E-state index contributed by atoms with van der Waals surface area (Å²) in [5.74, 6) is 0. The molecule has 0 aliphatic carbocycles. The molecule has 0 fully saturated rings. The van der Waals surface area contributed by atoms with E-state index in [9.17, 15) is 0 Å². The summed E-state index contributed by atoms with van der Waals surface area (Å²) in [6.07, 6.45) is 0. The van der Waals surface area contributed by atoms with E-state index in [4.69, 9.17) is 0 Å². The maximum atomic E-state index is 2.64. The van der Waals surface area contributed by atoms with E-state index in [-0.39, 0.29) is 35.1 Å². The third-order valence-corrected chi connectivity index (χ3v) is 14.4. The third kappa shape index (κ3) is 5.71. The second kappa shape index (κ2) is 12.9. The minimum Gasteiger partial charge on any atom is -0.310 e. The lowest BCUT2D eigenvalue weighted by Crippen LogP contribution is -2.61. The topological polar surface area (TPSA) is 9.86 Å². The molecule has 0 radical (unpaired) electrons. The summed E-state index contributed by atoms with van der Waals surface area (Å²) < 4.78 is 5.29. The smallest absolute Gasteiger partial charge is 0.246 e. The highest BCUT2D eigenvalue weighted by Gasteiger charge is 2.41. The first-order valence-corrected chi connectivity index (χ1v) is 22.8. The highest BCUT2D eigenvalue weighted by molar-refractivity contribution is 7.00. The number of rotatable bonds is 2. The lowest BCUT2D eigenvalue weighted by Gasteiger charge is -2.34. The predicted molar refractivity (Wildman–Crippen MR) is 272 cm³/mol. The van der Waals surface area contributed by atoms with Gasteiger partial charge >= 0.3 is 0 Å². The standard InChI is InChI=1S/C58H58B2N2/c1-55(2,3)35-23-25-49-41(27-35)43-29-37(57(7,8)9)31-47-53(43)61(49)51-34-52-46(33-45(51)59(47)39-19-15-13-16-20-39)60(40-21-17-14-18-22-40)48-32-38(58(10,11)12)30-44-42-28-36(56(4,5)6)24-26-50(42)62(52)54(44)48/h13-34H,1-12H3. The van der Waals surface area contributed by atoms with E-state index < -0.39 is 0 Å². The van der Waals surface area contributed by atoms with Gasteiger partial charge in [0.2, 0.25) is 13.4 Å². The molecule has 2 aliphatic heterocycles. The third-order valence-electron chi connectivity index (χ3n) is 14.4. The average Bonchev–Trinajstić information content (AvgIpc) is 3.73. The Bertz CT molecular complexity index is 3100. The van der Waals surface area contributed by atoms with Crippen molar-refractivity contribution in [3.8, 4) is 11.4 Å². The second-order valence-corrected chi connectivity index (χ2v) is 22.7. The molecule has 11 rings (SSSR count). The zero-order valence-corrected chi connectivity index (χ0v) is 38.8. The Labute approximate surface area is 369 Å². The van der Waals surface area contributed by atoms with Crippen molar-refractivity contribution in [3.63, 3.8) is 0 Å². The van der Waals surface area contributed by atoms with Crippen molar-refractivity contribution < 1.29 is 0 Å². The quantitative estimate of drug-likeness (QED) is 0.154. The van der Waals surface area contributed by atoms with Gasteiger partial charge in [-0.15, -0.1) is 0 Å². The lowest BCUT2D eigenvalue weighted by molar-refractivity contribution is 0.590. The Morgan fingerprint density at radius 3 is 1.03 bits per heavy atom. The molecule has 7 aromatic carbocycles. The molecule has 4 heteroatoms. The van der Waals surface area contributed by atoms with E-state index in [2.05, 4.69) is 226 Å². The summed E-state index contributed by atoms with van der Waals surface area (Å²) >= 11 is 0. The Morgan fingerprint density at radius 1 is 0.323 bits per heavy atom. The molecular formula is C58H58B2N2. The van der Waals surface area contributed by atoms with Gasteiger partial charge in [-0.1, -0.05) is 185 Å². The van der Waals surface area contributed by atoms with E-state index in [0.717, 1.165) is 0 Å². The van der Waals surface area contributed by atoms with Crippen LogP contribution in [0, 0.1) is 0 Å². The maximum absolute atomic E-state index is 2.64. The van der Waals surface area contributed by atoms with E-state index in [1.165, 1.54) is 110 Å². The molecule has 0 spiro atoms. The van der Waals surface area contributed by atoms with Crippen LogP contribution in [0.1, 0.15) is 105 Å². The molecule has 306 valence electrons. The summed E-state index contributed by atoms with van der Waals surface area (Å²) in [5.41, 5.74) is 21.4. The van der Waals surface area contributed by atoms with Crippen molar-refractivity contribution in [2.24, 2.45) is 0 Å². The van der Waals surface area contributed by atoms with Crippen LogP contribution in [0.15, 0.2) is 133 Å². The van der Waals surface area contributed by atoms with E-state index in [1.807, 2.05) is 0 Å². The van der Waals surface area contributed by atoms with Gasteiger partial charge in [0.25, 0.3) is 0 Å². The summed E-state index contributed by atoms with van der Waals surface area (Å²) in [7, 11) is 0. The van der Waals surface area contributed by atoms with Crippen LogP contribution in [0.3, 0.4) is 0 Å². The number of aromatic nitrogens is 2. The first kappa shape index (κ1) is 39.1.